The third-order valence-electron chi connectivity index (χ3n) is 4.91. The SMILES string of the molecule is CC(c1cc(-c2ccccc2)n[nH]1)N(C)C(=O)c1ccc2cccc(F)c2n1. The van der Waals surface area contributed by atoms with Crippen molar-refractivity contribution in [3.63, 3.8) is 0 Å². The topological polar surface area (TPSA) is 61.9 Å². The summed E-state index contributed by atoms with van der Waals surface area (Å²) in [6.07, 6.45) is 0. The molecule has 5 nitrogen and oxygen atoms in total. The first-order valence-electron chi connectivity index (χ1n) is 8.98. The van der Waals surface area contributed by atoms with Gasteiger partial charge in [-0.2, -0.15) is 5.10 Å². The first-order valence-corrected chi connectivity index (χ1v) is 8.98. The number of carbonyl (C=O) groups is 1. The van der Waals surface area contributed by atoms with E-state index in [9.17, 15) is 9.18 Å². The monoisotopic (exact) mass is 374 g/mol. The lowest BCUT2D eigenvalue weighted by molar-refractivity contribution is 0.0734. The van der Waals surface area contributed by atoms with E-state index in [1.54, 1.807) is 36.2 Å². The van der Waals surface area contributed by atoms with Gasteiger partial charge in [-0.3, -0.25) is 9.89 Å². The van der Waals surface area contributed by atoms with Gasteiger partial charge in [-0.1, -0.05) is 48.5 Å². The maximum Gasteiger partial charge on any atom is 0.272 e. The Morgan fingerprint density at radius 2 is 1.86 bits per heavy atom. The third-order valence-corrected chi connectivity index (χ3v) is 4.91. The van der Waals surface area contributed by atoms with Gasteiger partial charge in [0.05, 0.1) is 17.4 Å². The Morgan fingerprint density at radius 3 is 2.64 bits per heavy atom. The Bertz CT molecular complexity index is 1140. The minimum absolute atomic E-state index is 0.197. The van der Waals surface area contributed by atoms with E-state index in [-0.39, 0.29) is 23.2 Å². The summed E-state index contributed by atoms with van der Waals surface area (Å²) in [5.74, 6) is -0.725. The van der Waals surface area contributed by atoms with Crippen LogP contribution in [0.1, 0.15) is 29.1 Å². The number of rotatable bonds is 4. The molecule has 2 aromatic carbocycles. The van der Waals surface area contributed by atoms with Crippen LogP contribution in [0.25, 0.3) is 22.2 Å². The van der Waals surface area contributed by atoms with Gasteiger partial charge in [-0.15, -0.1) is 0 Å². The Morgan fingerprint density at radius 1 is 1.07 bits per heavy atom. The number of aromatic amines is 1. The van der Waals surface area contributed by atoms with E-state index >= 15 is 0 Å². The van der Waals surface area contributed by atoms with Crippen molar-refractivity contribution in [2.24, 2.45) is 0 Å². The Balaban J connectivity index is 1.59. The van der Waals surface area contributed by atoms with Crippen molar-refractivity contribution < 1.29 is 9.18 Å². The zero-order valence-electron chi connectivity index (χ0n) is 15.6. The van der Waals surface area contributed by atoms with Crippen molar-refractivity contribution in [3.05, 3.63) is 83.9 Å². The summed E-state index contributed by atoms with van der Waals surface area (Å²) in [5, 5.41) is 8.01. The maximum absolute atomic E-state index is 14.0. The molecule has 0 saturated carbocycles. The highest BCUT2D eigenvalue weighted by Crippen LogP contribution is 2.24. The predicted molar refractivity (Wildman–Crippen MR) is 106 cm³/mol. The highest BCUT2D eigenvalue weighted by Gasteiger charge is 2.22. The van der Waals surface area contributed by atoms with E-state index in [2.05, 4.69) is 15.2 Å². The maximum atomic E-state index is 14.0. The Hall–Kier alpha value is -3.54. The fourth-order valence-corrected chi connectivity index (χ4v) is 3.10. The van der Waals surface area contributed by atoms with Crippen LogP contribution >= 0.6 is 0 Å². The summed E-state index contributed by atoms with van der Waals surface area (Å²) in [6.45, 7) is 1.90. The van der Waals surface area contributed by atoms with Gasteiger partial charge in [0, 0.05) is 18.0 Å². The number of pyridine rings is 1. The van der Waals surface area contributed by atoms with Crippen LogP contribution in [-0.4, -0.2) is 33.0 Å². The van der Waals surface area contributed by atoms with Crippen molar-refractivity contribution in [3.8, 4) is 11.3 Å². The van der Waals surface area contributed by atoms with Crippen molar-refractivity contribution in [1.29, 1.82) is 0 Å². The number of hydrogen-bond donors (Lipinski definition) is 1. The summed E-state index contributed by atoms with van der Waals surface area (Å²) in [7, 11) is 1.70. The van der Waals surface area contributed by atoms with Crippen molar-refractivity contribution >= 4 is 16.8 Å². The molecule has 0 saturated heterocycles. The van der Waals surface area contributed by atoms with Crippen LogP contribution in [0.5, 0.6) is 0 Å². The number of nitrogens with zero attached hydrogens (tertiary/aromatic N) is 3. The lowest BCUT2D eigenvalue weighted by atomic mass is 10.1. The molecule has 0 bridgehead atoms. The first kappa shape index (κ1) is 17.9. The van der Waals surface area contributed by atoms with E-state index in [1.807, 2.05) is 43.3 Å². The standard InChI is InChI=1S/C22H19FN4O/c1-14(19-13-20(26-25-19)15-7-4-3-5-8-15)27(2)22(28)18-12-11-16-9-6-10-17(23)21(16)24-18/h3-14H,1-2H3,(H,25,26). The summed E-state index contributed by atoms with van der Waals surface area (Å²) in [6, 6.07) is 19.5. The molecule has 0 spiro atoms. The predicted octanol–water partition coefficient (Wildman–Crippen LogP) is 4.60. The first-order chi connectivity index (χ1) is 13.5. The Labute approximate surface area is 161 Å². The number of H-pyrrole nitrogens is 1. The number of hydrogen-bond acceptors (Lipinski definition) is 3. The highest BCUT2D eigenvalue weighted by molar-refractivity contribution is 5.95. The molecule has 1 atom stereocenters. The summed E-state index contributed by atoms with van der Waals surface area (Å²) in [4.78, 5) is 18.7. The van der Waals surface area contributed by atoms with Crippen LogP contribution in [0, 0.1) is 5.82 Å². The van der Waals surface area contributed by atoms with Crippen LogP contribution in [0.15, 0.2) is 66.7 Å². The molecule has 0 aliphatic heterocycles. The van der Waals surface area contributed by atoms with Crippen LogP contribution < -0.4 is 0 Å². The average molecular weight is 374 g/mol. The number of benzene rings is 2. The van der Waals surface area contributed by atoms with Gasteiger partial charge in [0.1, 0.15) is 17.0 Å². The van der Waals surface area contributed by atoms with Gasteiger partial charge in [0.15, 0.2) is 0 Å². The van der Waals surface area contributed by atoms with Crippen molar-refractivity contribution in [2.75, 3.05) is 7.05 Å². The van der Waals surface area contributed by atoms with Gasteiger partial charge >= 0.3 is 0 Å². The molecule has 140 valence electrons. The highest BCUT2D eigenvalue weighted by atomic mass is 19.1. The third kappa shape index (κ3) is 3.24. The second kappa shape index (κ2) is 7.23. The molecule has 6 heteroatoms. The average Bonchev–Trinajstić information content (AvgIpc) is 3.23. The number of nitrogens with one attached hydrogen (secondary N) is 1. The molecule has 4 aromatic rings. The molecule has 1 unspecified atom stereocenters. The Kier molecular flexibility index (Phi) is 4.61. The van der Waals surface area contributed by atoms with Gasteiger partial charge in [-0.25, -0.2) is 9.37 Å². The summed E-state index contributed by atoms with van der Waals surface area (Å²) >= 11 is 0. The van der Waals surface area contributed by atoms with E-state index in [4.69, 9.17) is 0 Å². The smallest absolute Gasteiger partial charge is 0.272 e. The number of amides is 1. The molecule has 28 heavy (non-hydrogen) atoms. The van der Waals surface area contributed by atoms with Crippen LogP contribution in [0.4, 0.5) is 4.39 Å². The molecule has 0 aliphatic carbocycles. The van der Waals surface area contributed by atoms with Gasteiger partial charge in [-0.05, 0) is 25.1 Å². The number of aromatic nitrogens is 3. The van der Waals surface area contributed by atoms with Gasteiger partial charge in [0.2, 0.25) is 0 Å². The zero-order chi connectivity index (χ0) is 19.7. The fourth-order valence-electron chi connectivity index (χ4n) is 3.10. The zero-order valence-corrected chi connectivity index (χ0v) is 15.6. The molecule has 0 fully saturated rings. The summed E-state index contributed by atoms with van der Waals surface area (Å²) < 4.78 is 14.0. The molecular weight excluding hydrogens is 355 g/mol. The van der Waals surface area contributed by atoms with E-state index < -0.39 is 5.82 Å². The van der Waals surface area contributed by atoms with Crippen LogP contribution in [-0.2, 0) is 0 Å². The van der Waals surface area contributed by atoms with Crippen molar-refractivity contribution in [1.82, 2.24) is 20.1 Å². The lowest BCUT2D eigenvalue weighted by Crippen LogP contribution is -2.30. The number of para-hydroxylation sites is 1. The minimum Gasteiger partial charge on any atom is -0.332 e. The number of fused-ring (bicyclic) bond motifs is 1. The van der Waals surface area contributed by atoms with E-state index in [0.29, 0.717) is 5.39 Å². The molecule has 1 N–H and O–H groups in total. The van der Waals surface area contributed by atoms with E-state index in [1.165, 1.54) is 6.07 Å². The fraction of sp³-hybridized carbons (Fsp3) is 0.136. The van der Waals surface area contributed by atoms with Crippen molar-refractivity contribution in [2.45, 2.75) is 13.0 Å². The normalized spacial score (nSPS) is 12.1. The molecule has 0 radical (unpaired) electrons. The van der Waals surface area contributed by atoms with Crippen LogP contribution in [0.3, 0.4) is 0 Å². The molecule has 1 amide bonds. The molecule has 2 heterocycles. The molecular formula is C22H19FN4O. The van der Waals surface area contributed by atoms with Gasteiger partial charge < -0.3 is 4.90 Å². The number of carbonyl (C=O) groups excluding carboxylic acids is 1. The number of halogens is 1. The second-order valence-corrected chi connectivity index (χ2v) is 6.67. The lowest BCUT2D eigenvalue weighted by Gasteiger charge is -2.23. The molecule has 2 aromatic heterocycles. The minimum atomic E-state index is -0.441. The van der Waals surface area contributed by atoms with Gasteiger partial charge in [0.25, 0.3) is 5.91 Å². The quantitative estimate of drug-likeness (QED) is 0.568. The molecule has 4 rings (SSSR count). The summed E-state index contributed by atoms with van der Waals surface area (Å²) in [5.41, 5.74) is 3.02. The van der Waals surface area contributed by atoms with E-state index in [0.717, 1.165) is 17.0 Å². The molecule has 0 aliphatic rings. The van der Waals surface area contributed by atoms with Crippen LogP contribution in [0.2, 0.25) is 0 Å². The second-order valence-electron chi connectivity index (χ2n) is 6.67. The largest absolute Gasteiger partial charge is 0.332 e.